The predicted octanol–water partition coefficient (Wildman–Crippen LogP) is 7.00. The Kier molecular flexibility index (Phi) is 10.3. The number of hydrogen-bond donors (Lipinski definition) is 4. The van der Waals surface area contributed by atoms with Crippen molar-refractivity contribution in [1.29, 1.82) is 0 Å². The van der Waals surface area contributed by atoms with E-state index in [1.807, 2.05) is 73.9 Å². The van der Waals surface area contributed by atoms with Gasteiger partial charge in [0.25, 0.3) is 0 Å². The third kappa shape index (κ3) is 7.23. The van der Waals surface area contributed by atoms with Crippen molar-refractivity contribution in [2.75, 3.05) is 14.2 Å². The van der Waals surface area contributed by atoms with Crippen LogP contribution in [0.3, 0.4) is 0 Å². The van der Waals surface area contributed by atoms with Crippen LogP contribution < -0.4 is 5.32 Å². The lowest BCUT2D eigenvalue weighted by molar-refractivity contribution is -0.140. The number of carbonyl (C=O) groups excluding carboxylic acids is 3. The number of H-pyrrole nitrogens is 2. The summed E-state index contributed by atoms with van der Waals surface area (Å²) in [6.07, 6.45) is 1.51. The van der Waals surface area contributed by atoms with Crippen molar-refractivity contribution in [3.05, 3.63) is 69.6 Å². The molecule has 4 fully saturated rings. The molecule has 16 heteroatoms. The van der Waals surface area contributed by atoms with Crippen molar-refractivity contribution in [2.45, 2.75) is 89.6 Å². The number of imidazole rings is 2. The standard InChI is InChI=1S/C42H46Cl2N8O6/c1-19(2)32(47-41(55)58-6)39(53)51-28-15-25(28)17-30(51)37-45-27(35(43)48-37)12-8-21-7-9-23-14-24(11-10-22(23)13-21)33-36(44)49-38(46-33)31-18-26-16-29(26)52(31)40(54)34(20(3)4)50(5)42(56)57/h7,9-11,13-14,19-20,25-26,28-32,34H,15-18H2,1-6H3,(H,45,48)(H,46,49)(H,47,55)(H,56,57)/t25-,26-,28-,29-,30+,31+,32+,34+/m1/s1. The summed E-state index contributed by atoms with van der Waals surface area (Å²) in [6.45, 7) is 7.48. The van der Waals surface area contributed by atoms with Crippen LogP contribution in [0, 0.1) is 35.5 Å². The molecule has 0 spiro atoms. The SMILES string of the molecule is COC(=O)N[C@H](C(=O)N1[C@@H]2C[C@@H]2C[C@H]1c1nc(Cl)c(C#Cc2ccc3cc(-c4nc([C@@H]5C[C@H]6C[C@H]6N5C(=O)[C@H](C(C)C)N(C)C(=O)O)[nH]c4Cl)ccc3c2)[nH]1)C(C)C. The number of fused-ring (bicyclic) bond motifs is 3. The quantitative estimate of drug-likeness (QED) is 0.130. The molecule has 58 heavy (non-hydrogen) atoms. The number of likely N-dealkylation sites (tertiary alicyclic amines) is 2. The Balaban J connectivity index is 0.989. The van der Waals surface area contributed by atoms with E-state index in [9.17, 15) is 24.3 Å². The summed E-state index contributed by atoms with van der Waals surface area (Å²) < 4.78 is 4.77. The van der Waals surface area contributed by atoms with Crippen molar-refractivity contribution >= 4 is 58.0 Å². The lowest BCUT2D eigenvalue weighted by atomic mass is 10.0. The highest BCUT2D eigenvalue weighted by Gasteiger charge is 2.58. The Hall–Kier alpha value is -5.26. The summed E-state index contributed by atoms with van der Waals surface area (Å²) in [5.41, 5.74) is 2.59. The Morgan fingerprint density at radius 1 is 0.862 bits per heavy atom. The van der Waals surface area contributed by atoms with Crippen molar-refractivity contribution in [3.63, 3.8) is 0 Å². The molecule has 0 radical (unpaired) electrons. The van der Waals surface area contributed by atoms with Crippen molar-refractivity contribution in [1.82, 2.24) is 40.0 Å². The molecule has 4 aliphatic rings. The number of alkyl carbamates (subject to hydrolysis) is 1. The zero-order valence-corrected chi connectivity index (χ0v) is 34.6. The number of ether oxygens (including phenoxy) is 1. The largest absolute Gasteiger partial charge is 0.465 e. The molecule has 0 unspecified atom stereocenters. The van der Waals surface area contributed by atoms with Crippen molar-refractivity contribution in [2.24, 2.45) is 23.7 Å². The van der Waals surface area contributed by atoms with Gasteiger partial charge in [0.05, 0.1) is 19.2 Å². The summed E-state index contributed by atoms with van der Waals surface area (Å²) in [5.74, 6) is 7.47. The van der Waals surface area contributed by atoms with Crippen LogP contribution in [0.15, 0.2) is 36.4 Å². The van der Waals surface area contributed by atoms with Gasteiger partial charge in [-0.25, -0.2) is 19.6 Å². The first-order valence-electron chi connectivity index (χ1n) is 19.7. The number of likely N-dealkylation sites (N-methyl/N-ethyl adjacent to an activating group) is 1. The van der Waals surface area contributed by atoms with E-state index >= 15 is 0 Å². The van der Waals surface area contributed by atoms with Gasteiger partial charge in [-0.1, -0.05) is 75.0 Å². The Morgan fingerprint density at radius 3 is 2.10 bits per heavy atom. The van der Waals surface area contributed by atoms with Crippen molar-refractivity contribution in [3.8, 4) is 23.1 Å². The van der Waals surface area contributed by atoms with Gasteiger partial charge in [0.2, 0.25) is 11.8 Å². The van der Waals surface area contributed by atoms with Crippen LogP contribution in [0.25, 0.3) is 22.0 Å². The smallest absolute Gasteiger partial charge is 0.407 e. The van der Waals surface area contributed by atoms with Gasteiger partial charge in [-0.15, -0.1) is 0 Å². The normalized spacial score (nSPS) is 23.9. The average Bonchev–Trinajstić information content (AvgIpc) is 3.90. The van der Waals surface area contributed by atoms with Crippen LogP contribution in [0.5, 0.6) is 0 Å². The molecule has 304 valence electrons. The number of nitrogens with one attached hydrogen (secondary N) is 3. The fourth-order valence-corrected chi connectivity index (χ4v) is 9.43. The highest BCUT2D eigenvalue weighted by molar-refractivity contribution is 6.32. The highest BCUT2D eigenvalue weighted by atomic mass is 35.5. The number of halogens is 2. The summed E-state index contributed by atoms with van der Waals surface area (Å²) >= 11 is 13.4. The summed E-state index contributed by atoms with van der Waals surface area (Å²) in [6, 6.07) is 9.78. The minimum Gasteiger partial charge on any atom is -0.465 e. The topological polar surface area (TPSA) is 177 Å². The van der Waals surface area contributed by atoms with Gasteiger partial charge >= 0.3 is 12.2 Å². The fourth-order valence-electron chi connectivity index (χ4n) is 9.00. The number of aromatic nitrogens is 4. The van der Waals surface area contributed by atoms with E-state index in [4.69, 9.17) is 32.9 Å². The van der Waals surface area contributed by atoms with Crippen LogP contribution >= 0.6 is 23.2 Å². The van der Waals surface area contributed by atoms with Gasteiger partial charge in [0.15, 0.2) is 5.15 Å². The monoisotopic (exact) mass is 828 g/mol. The Bertz CT molecular complexity index is 2380. The molecule has 2 aromatic heterocycles. The van der Waals surface area contributed by atoms with E-state index in [-0.39, 0.29) is 53.0 Å². The first-order valence-corrected chi connectivity index (χ1v) is 20.4. The van der Waals surface area contributed by atoms with Gasteiger partial charge in [0, 0.05) is 30.3 Å². The number of methoxy groups -OCH3 is 1. The second-order valence-corrected chi connectivity index (χ2v) is 17.4. The summed E-state index contributed by atoms with van der Waals surface area (Å²) in [4.78, 5) is 72.3. The van der Waals surface area contributed by atoms with E-state index in [0.29, 0.717) is 40.0 Å². The molecule has 2 aromatic carbocycles. The molecule has 14 nitrogen and oxygen atoms in total. The zero-order valence-electron chi connectivity index (χ0n) is 33.0. The molecule has 4 aromatic rings. The minimum absolute atomic E-state index is 0.0669. The molecule has 2 saturated carbocycles. The zero-order chi connectivity index (χ0) is 41.3. The number of benzene rings is 2. The molecule has 2 aliphatic heterocycles. The molecule has 2 saturated heterocycles. The third-order valence-electron chi connectivity index (χ3n) is 12.1. The third-order valence-corrected chi connectivity index (χ3v) is 12.7. The average molecular weight is 830 g/mol. The van der Waals surface area contributed by atoms with E-state index in [1.54, 1.807) is 0 Å². The number of rotatable bonds is 9. The maximum absolute atomic E-state index is 13.9. The molecule has 8 rings (SSSR count). The van der Waals surface area contributed by atoms with Crippen LogP contribution in [0.2, 0.25) is 10.3 Å². The molecule has 4 amide bonds. The van der Waals surface area contributed by atoms with E-state index in [1.165, 1.54) is 14.2 Å². The number of carboxylic acid groups (broad SMARTS) is 1. The van der Waals surface area contributed by atoms with E-state index in [0.717, 1.165) is 52.5 Å². The molecule has 4 N–H and O–H groups in total. The second-order valence-electron chi connectivity index (χ2n) is 16.7. The maximum Gasteiger partial charge on any atom is 0.407 e. The van der Waals surface area contributed by atoms with Gasteiger partial charge in [-0.2, -0.15) is 0 Å². The predicted molar refractivity (Wildman–Crippen MR) is 217 cm³/mol. The molecule has 2 aliphatic carbocycles. The van der Waals surface area contributed by atoms with Crippen LogP contribution in [0.1, 0.15) is 88.4 Å². The lowest BCUT2D eigenvalue weighted by Gasteiger charge is -2.35. The molecular formula is C42H46Cl2N8O6. The highest BCUT2D eigenvalue weighted by Crippen LogP contribution is 2.55. The second kappa shape index (κ2) is 15.2. The molecular weight excluding hydrogens is 783 g/mol. The number of carbonyl (C=O) groups is 4. The Labute approximate surface area is 346 Å². The van der Waals surface area contributed by atoms with Gasteiger partial charge in [-0.3, -0.25) is 14.5 Å². The van der Waals surface area contributed by atoms with Gasteiger partial charge < -0.3 is 34.9 Å². The Morgan fingerprint density at radius 2 is 1.48 bits per heavy atom. The van der Waals surface area contributed by atoms with Crippen LogP contribution in [-0.4, -0.2) is 102 Å². The fraction of sp³-hybridized carbons (Fsp3) is 0.476. The number of hydrogen-bond acceptors (Lipinski definition) is 7. The summed E-state index contributed by atoms with van der Waals surface area (Å²) in [5, 5.41) is 14.9. The van der Waals surface area contributed by atoms with Crippen molar-refractivity contribution < 1.29 is 29.0 Å². The lowest BCUT2D eigenvalue weighted by Crippen LogP contribution is -2.52. The number of aromatic amines is 2. The van der Waals surface area contributed by atoms with Gasteiger partial charge in [0.1, 0.15) is 40.3 Å². The van der Waals surface area contributed by atoms with Crippen LogP contribution in [0.4, 0.5) is 9.59 Å². The van der Waals surface area contributed by atoms with Gasteiger partial charge in [-0.05, 0) is 84.2 Å². The molecule has 0 bridgehead atoms. The molecule has 8 atom stereocenters. The number of amides is 4. The van der Waals surface area contributed by atoms with E-state index < -0.39 is 24.3 Å². The van der Waals surface area contributed by atoms with E-state index in [2.05, 4.69) is 32.1 Å². The molecule has 4 heterocycles. The number of piperidine rings is 2. The minimum atomic E-state index is -1.14. The first kappa shape index (κ1) is 39.6. The first-order chi connectivity index (χ1) is 27.6. The summed E-state index contributed by atoms with van der Waals surface area (Å²) in [7, 11) is 2.72. The number of nitrogens with zero attached hydrogens (tertiary/aromatic N) is 5. The maximum atomic E-state index is 13.9. The van der Waals surface area contributed by atoms with Crippen LogP contribution in [-0.2, 0) is 14.3 Å².